The number of rotatable bonds is 4. The predicted molar refractivity (Wildman–Crippen MR) is 76.1 cm³/mol. The van der Waals surface area contributed by atoms with E-state index in [1.54, 1.807) is 19.9 Å². The molecule has 0 aliphatic carbocycles. The standard InChI is InChI=1S/C15H18N2O3/c1-9(2)19-13-8-6-5-7-12(13)17-15(18)14-10(3)16-11(4)20-14/h5-9H,1-4H3,(H,17,18). The second-order valence-electron chi connectivity index (χ2n) is 4.76. The van der Waals surface area contributed by atoms with Crippen LogP contribution in [0, 0.1) is 13.8 Å². The number of anilines is 1. The van der Waals surface area contributed by atoms with Gasteiger partial charge in [-0.1, -0.05) is 12.1 Å². The lowest BCUT2D eigenvalue weighted by Gasteiger charge is -2.14. The highest BCUT2D eigenvalue weighted by molar-refractivity contribution is 6.03. The molecule has 20 heavy (non-hydrogen) atoms. The smallest absolute Gasteiger partial charge is 0.293 e. The van der Waals surface area contributed by atoms with Crippen LogP contribution in [-0.4, -0.2) is 17.0 Å². The van der Waals surface area contributed by atoms with E-state index in [1.165, 1.54) is 0 Å². The minimum absolute atomic E-state index is 0.0299. The number of amides is 1. The van der Waals surface area contributed by atoms with E-state index in [1.807, 2.05) is 32.0 Å². The first kappa shape index (κ1) is 14.1. The van der Waals surface area contributed by atoms with E-state index in [0.717, 1.165) is 0 Å². The Labute approximate surface area is 118 Å². The Morgan fingerprint density at radius 3 is 2.60 bits per heavy atom. The summed E-state index contributed by atoms with van der Waals surface area (Å²) in [6, 6.07) is 7.29. The van der Waals surface area contributed by atoms with Crippen molar-refractivity contribution in [3.63, 3.8) is 0 Å². The van der Waals surface area contributed by atoms with Gasteiger partial charge in [0.2, 0.25) is 5.76 Å². The molecule has 0 fully saturated rings. The lowest BCUT2D eigenvalue weighted by Crippen LogP contribution is -2.14. The molecule has 0 radical (unpaired) electrons. The molecule has 0 unspecified atom stereocenters. The second kappa shape index (κ2) is 5.77. The quantitative estimate of drug-likeness (QED) is 0.928. The molecule has 1 heterocycles. The number of hydrogen-bond acceptors (Lipinski definition) is 4. The van der Waals surface area contributed by atoms with Gasteiger partial charge in [-0.2, -0.15) is 0 Å². The van der Waals surface area contributed by atoms with Gasteiger partial charge in [0, 0.05) is 6.92 Å². The summed E-state index contributed by atoms with van der Waals surface area (Å²) in [6.07, 6.45) is 0.0299. The molecule has 0 spiro atoms. The minimum atomic E-state index is -0.331. The van der Waals surface area contributed by atoms with Crippen molar-refractivity contribution in [2.45, 2.75) is 33.8 Å². The van der Waals surface area contributed by atoms with E-state index in [9.17, 15) is 4.79 Å². The van der Waals surface area contributed by atoms with Crippen molar-refractivity contribution < 1.29 is 13.9 Å². The van der Waals surface area contributed by atoms with Crippen LogP contribution in [0.5, 0.6) is 5.75 Å². The third-order valence-corrected chi connectivity index (χ3v) is 2.61. The van der Waals surface area contributed by atoms with E-state index < -0.39 is 0 Å². The van der Waals surface area contributed by atoms with Gasteiger partial charge in [0.1, 0.15) is 5.75 Å². The summed E-state index contributed by atoms with van der Waals surface area (Å²) in [5, 5.41) is 2.79. The van der Waals surface area contributed by atoms with Crippen LogP contribution in [0.2, 0.25) is 0 Å². The van der Waals surface area contributed by atoms with E-state index in [4.69, 9.17) is 9.15 Å². The molecule has 0 saturated heterocycles. The van der Waals surface area contributed by atoms with Crippen LogP contribution in [0.15, 0.2) is 28.7 Å². The van der Waals surface area contributed by atoms with Crippen molar-refractivity contribution in [1.29, 1.82) is 0 Å². The number of aromatic nitrogens is 1. The first-order valence-electron chi connectivity index (χ1n) is 6.48. The Morgan fingerprint density at radius 2 is 2.00 bits per heavy atom. The summed E-state index contributed by atoms with van der Waals surface area (Å²) >= 11 is 0. The van der Waals surface area contributed by atoms with Crippen molar-refractivity contribution in [3.05, 3.63) is 41.6 Å². The number of nitrogens with zero attached hydrogens (tertiary/aromatic N) is 1. The maximum Gasteiger partial charge on any atom is 0.293 e. The Kier molecular flexibility index (Phi) is 4.08. The molecule has 0 bridgehead atoms. The average molecular weight is 274 g/mol. The average Bonchev–Trinajstić information content (AvgIpc) is 2.70. The van der Waals surface area contributed by atoms with Crippen LogP contribution in [0.4, 0.5) is 5.69 Å². The van der Waals surface area contributed by atoms with Crippen molar-refractivity contribution in [1.82, 2.24) is 4.98 Å². The fourth-order valence-corrected chi connectivity index (χ4v) is 1.85. The number of ether oxygens (including phenoxy) is 1. The lowest BCUT2D eigenvalue weighted by atomic mass is 10.2. The number of para-hydroxylation sites is 2. The van der Waals surface area contributed by atoms with E-state index in [2.05, 4.69) is 10.3 Å². The van der Waals surface area contributed by atoms with Crippen LogP contribution < -0.4 is 10.1 Å². The Balaban J connectivity index is 2.22. The van der Waals surface area contributed by atoms with Gasteiger partial charge in [-0.15, -0.1) is 0 Å². The second-order valence-corrected chi connectivity index (χ2v) is 4.76. The van der Waals surface area contributed by atoms with Crippen LogP contribution >= 0.6 is 0 Å². The molecular weight excluding hydrogens is 256 g/mol. The fourth-order valence-electron chi connectivity index (χ4n) is 1.85. The molecule has 5 nitrogen and oxygen atoms in total. The van der Waals surface area contributed by atoms with Crippen LogP contribution in [-0.2, 0) is 0 Å². The summed E-state index contributed by atoms with van der Waals surface area (Å²) in [4.78, 5) is 16.3. The summed E-state index contributed by atoms with van der Waals surface area (Å²) in [7, 11) is 0. The molecule has 1 amide bonds. The van der Waals surface area contributed by atoms with Crippen molar-refractivity contribution in [2.75, 3.05) is 5.32 Å². The topological polar surface area (TPSA) is 64.4 Å². The lowest BCUT2D eigenvalue weighted by molar-refractivity contribution is 0.0993. The highest BCUT2D eigenvalue weighted by Gasteiger charge is 2.17. The predicted octanol–water partition coefficient (Wildman–Crippen LogP) is 3.33. The molecule has 1 N–H and O–H groups in total. The molecule has 0 saturated carbocycles. The molecule has 0 aliphatic rings. The first-order valence-corrected chi connectivity index (χ1v) is 6.48. The molecule has 106 valence electrons. The van der Waals surface area contributed by atoms with Crippen molar-refractivity contribution >= 4 is 11.6 Å². The number of hydrogen-bond donors (Lipinski definition) is 1. The largest absolute Gasteiger partial charge is 0.489 e. The van der Waals surface area contributed by atoms with E-state index in [-0.39, 0.29) is 17.8 Å². The minimum Gasteiger partial charge on any atom is -0.489 e. The molecular formula is C15H18N2O3. The molecule has 1 aromatic heterocycles. The normalized spacial score (nSPS) is 10.7. The molecule has 0 aliphatic heterocycles. The maximum absolute atomic E-state index is 12.2. The zero-order valence-electron chi connectivity index (χ0n) is 12.1. The third kappa shape index (κ3) is 3.17. The Morgan fingerprint density at radius 1 is 1.30 bits per heavy atom. The van der Waals surface area contributed by atoms with Gasteiger partial charge in [0.15, 0.2) is 5.89 Å². The Hall–Kier alpha value is -2.30. The number of oxazole rings is 1. The Bertz CT molecular complexity index is 617. The highest BCUT2D eigenvalue weighted by Crippen LogP contribution is 2.25. The van der Waals surface area contributed by atoms with Gasteiger partial charge in [-0.25, -0.2) is 4.98 Å². The summed E-state index contributed by atoms with van der Waals surface area (Å²) in [6.45, 7) is 7.31. The monoisotopic (exact) mass is 274 g/mol. The van der Waals surface area contributed by atoms with Gasteiger partial charge < -0.3 is 14.5 Å². The third-order valence-electron chi connectivity index (χ3n) is 2.61. The molecule has 2 aromatic rings. The van der Waals surface area contributed by atoms with Crippen LogP contribution in [0.1, 0.15) is 36.0 Å². The number of carbonyl (C=O) groups excluding carboxylic acids is 1. The van der Waals surface area contributed by atoms with Crippen molar-refractivity contribution in [3.8, 4) is 5.75 Å². The number of nitrogens with one attached hydrogen (secondary N) is 1. The number of benzene rings is 1. The van der Waals surface area contributed by atoms with E-state index >= 15 is 0 Å². The maximum atomic E-state index is 12.2. The van der Waals surface area contributed by atoms with Gasteiger partial charge in [-0.05, 0) is 32.9 Å². The van der Waals surface area contributed by atoms with Gasteiger partial charge in [-0.3, -0.25) is 4.79 Å². The van der Waals surface area contributed by atoms with Gasteiger partial charge in [0.05, 0.1) is 17.5 Å². The number of carbonyl (C=O) groups is 1. The van der Waals surface area contributed by atoms with Gasteiger partial charge in [0.25, 0.3) is 5.91 Å². The van der Waals surface area contributed by atoms with Crippen LogP contribution in [0.25, 0.3) is 0 Å². The fraction of sp³-hybridized carbons (Fsp3) is 0.333. The SMILES string of the molecule is Cc1nc(C)c(C(=O)Nc2ccccc2OC(C)C)o1. The summed E-state index contributed by atoms with van der Waals surface area (Å²) < 4.78 is 11.0. The van der Waals surface area contributed by atoms with E-state index in [0.29, 0.717) is 23.0 Å². The zero-order chi connectivity index (χ0) is 14.7. The molecule has 1 aromatic carbocycles. The van der Waals surface area contributed by atoms with Crippen molar-refractivity contribution in [2.24, 2.45) is 0 Å². The molecule has 2 rings (SSSR count). The summed E-state index contributed by atoms with van der Waals surface area (Å²) in [5.74, 6) is 0.994. The zero-order valence-corrected chi connectivity index (χ0v) is 12.1. The first-order chi connectivity index (χ1) is 9.47. The molecule has 5 heteroatoms. The van der Waals surface area contributed by atoms with Gasteiger partial charge >= 0.3 is 0 Å². The highest BCUT2D eigenvalue weighted by atomic mass is 16.5. The molecule has 0 atom stereocenters. The van der Waals surface area contributed by atoms with Crippen LogP contribution in [0.3, 0.4) is 0 Å². The summed E-state index contributed by atoms with van der Waals surface area (Å²) in [5.41, 5.74) is 1.18. The number of aryl methyl sites for hydroxylation is 2.